The number of piperidine rings is 1. The Morgan fingerprint density at radius 1 is 1.36 bits per heavy atom. The molecule has 1 atom stereocenters. The zero-order valence-corrected chi connectivity index (χ0v) is 12.7. The van der Waals surface area contributed by atoms with Crippen LogP contribution in [0.1, 0.15) is 24.2 Å². The van der Waals surface area contributed by atoms with Gasteiger partial charge in [0.25, 0.3) is 0 Å². The quantitative estimate of drug-likeness (QED) is 0.894. The minimum Gasteiger partial charge on any atom is -0.506 e. The van der Waals surface area contributed by atoms with Gasteiger partial charge in [-0.2, -0.15) is 5.10 Å². The van der Waals surface area contributed by atoms with Crippen molar-refractivity contribution >= 4 is 5.82 Å². The highest BCUT2D eigenvalue weighted by Gasteiger charge is 2.21. The summed E-state index contributed by atoms with van der Waals surface area (Å²) >= 11 is 0. The fourth-order valence-electron chi connectivity index (χ4n) is 2.79. The highest BCUT2D eigenvalue weighted by Crippen LogP contribution is 2.18. The lowest BCUT2D eigenvalue weighted by Gasteiger charge is -2.33. The Hall–Kier alpha value is -2.21. The summed E-state index contributed by atoms with van der Waals surface area (Å²) in [5.74, 6) is 1.17. The SMILES string of the molecule is Cc1ccc(O)c(CN[C@H]2CCCN(c3cccnn3)C2)n1. The first-order valence-electron chi connectivity index (χ1n) is 7.64. The van der Waals surface area contributed by atoms with Crippen LogP contribution < -0.4 is 10.2 Å². The molecule has 1 aliphatic heterocycles. The van der Waals surface area contributed by atoms with Crippen LogP contribution in [-0.4, -0.2) is 39.4 Å². The van der Waals surface area contributed by atoms with Crippen molar-refractivity contribution in [3.05, 3.63) is 41.9 Å². The van der Waals surface area contributed by atoms with E-state index in [-0.39, 0.29) is 5.75 Å². The summed E-state index contributed by atoms with van der Waals surface area (Å²) in [7, 11) is 0. The predicted molar refractivity (Wildman–Crippen MR) is 84.7 cm³/mol. The Morgan fingerprint density at radius 2 is 2.27 bits per heavy atom. The number of anilines is 1. The summed E-state index contributed by atoms with van der Waals surface area (Å²) in [4.78, 5) is 6.63. The summed E-state index contributed by atoms with van der Waals surface area (Å²) in [5, 5.41) is 21.5. The lowest BCUT2D eigenvalue weighted by molar-refractivity contribution is 0.407. The second-order valence-electron chi connectivity index (χ2n) is 5.67. The van der Waals surface area contributed by atoms with Gasteiger partial charge in [-0.3, -0.25) is 4.98 Å². The second-order valence-corrected chi connectivity index (χ2v) is 5.67. The standard InChI is InChI=1S/C16H21N5O/c1-12-6-7-15(22)14(19-12)10-17-13-4-3-9-21(11-13)16-5-2-8-18-20-16/h2,5-8,13,17,22H,3-4,9-11H2,1H3/t13-/m0/s1. The molecule has 0 spiro atoms. The molecule has 22 heavy (non-hydrogen) atoms. The molecule has 3 heterocycles. The van der Waals surface area contributed by atoms with Crippen LogP contribution in [0.3, 0.4) is 0 Å². The first kappa shape index (κ1) is 14.7. The molecule has 0 saturated carbocycles. The van der Waals surface area contributed by atoms with Crippen molar-refractivity contribution in [3.8, 4) is 5.75 Å². The number of nitrogens with zero attached hydrogens (tertiary/aromatic N) is 4. The second kappa shape index (κ2) is 6.70. The number of hydrogen-bond acceptors (Lipinski definition) is 6. The minimum absolute atomic E-state index is 0.250. The Balaban J connectivity index is 1.60. The molecule has 2 N–H and O–H groups in total. The minimum atomic E-state index is 0.250. The molecule has 1 fully saturated rings. The largest absolute Gasteiger partial charge is 0.506 e. The summed E-state index contributed by atoms with van der Waals surface area (Å²) in [5.41, 5.74) is 1.62. The van der Waals surface area contributed by atoms with Crippen molar-refractivity contribution in [1.29, 1.82) is 0 Å². The van der Waals surface area contributed by atoms with E-state index in [1.54, 1.807) is 12.3 Å². The maximum absolute atomic E-state index is 9.86. The van der Waals surface area contributed by atoms with Crippen LogP contribution in [0.25, 0.3) is 0 Å². The summed E-state index contributed by atoms with van der Waals surface area (Å²) < 4.78 is 0. The van der Waals surface area contributed by atoms with Crippen molar-refractivity contribution in [2.75, 3.05) is 18.0 Å². The van der Waals surface area contributed by atoms with Crippen LogP contribution >= 0.6 is 0 Å². The smallest absolute Gasteiger partial charge is 0.151 e. The average molecular weight is 299 g/mol. The van der Waals surface area contributed by atoms with Gasteiger partial charge in [-0.05, 0) is 44.0 Å². The van der Waals surface area contributed by atoms with E-state index in [9.17, 15) is 5.11 Å². The van der Waals surface area contributed by atoms with Gasteiger partial charge in [0, 0.05) is 37.6 Å². The average Bonchev–Trinajstić information content (AvgIpc) is 2.57. The number of aryl methyl sites for hydroxylation is 1. The van der Waals surface area contributed by atoms with E-state index in [0.717, 1.165) is 37.4 Å². The van der Waals surface area contributed by atoms with Crippen LogP contribution in [0.4, 0.5) is 5.82 Å². The van der Waals surface area contributed by atoms with Gasteiger partial charge in [0.15, 0.2) is 5.82 Å². The Labute approximate surface area is 130 Å². The van der Waals surface area contributed by atoms with Gasteiger partial charge in [0.05, 0.1) is 5.69 Å². The normalized spacial score (nSPS) is 18.4. The van der Waals surface area contributed by atoms with E-state index in [0.29, 0.717) is 18.3 Å². The third-order valence-electron chi connectivity index (χ3n) is 3.95. The van der Waals surface area contributed by atoms with Crippen molar-refractivity contribution in [3.63, 3.8) is 0 Å². The number of aromatic nitrogens is 3. The Morgan fingerprint density at radius 3 is 3.09 bits per heavy atom. The molecule has 6 nitrogen and oxygen atoms in total. The zero-order chi connectivity index (χ0) is 15.4. The molecule has 2 aromatic rings. The zero-order valence-electron chi connectivity index (χ0n) is 12.7. The first-order chi connectivity index (χ1) is 10.7. The molecule has 1 aliphatic rings. The van der Waals surface area contributed by atoms with E-state index in [2.05, 4.69) is 25.4 Å². The molecule has 0 bridgehead atoms. The molecule has 116 valence electrons. The molecule has 0 radical (unpaired) electrons. The number of aromatic hydroxyl groups is 1. The number of hydrogen-bond donors (Lipinski definition) is 2. The molecule has 3 rings (SSSR count). The van der Waals surface area contributed by atoms with Crippen LogP contribution in [0.5, 0.6) is 5.75 Å². The topological polar surface area (TPSA) is 74.2 Å². The Bertz CT molecular complexity index is 619. The van der Waals surface area contributed by atoms with Crippen LogP contribution in [0, 0.1) is 6.92 Å². The van der Waals surface area contributed by atoms with E-state index >= 15 is 0 Å². The first-order valence-corrected chi connectivity index (χ1v) is 7.64. The molecule has 0 amide bonds. The van der Waals surface area contributed by atoms with E-state index in [1.165, 1.54) is 0 Å². The molecule has 2 aromatic heterocycles. The van der Waals surface area contributed by atoms with Crippen molar-refractivity contribution < 1.29 is 5.11 Å². The van der Waals surface area contributed by atoms with E-state index in [1.807, 2.05) is 25.1 Å². The highest BCUT2D eigenvalue weighted by molar-refractivity contribution is 5.37. The van der Waals surface area contributed by atoms with E-state index < -0.39 is 0 Å². The van der Waals surface area contributed by atoms with Gasteiger partial charge >= 0.3 is 0 Å². The van der Waals surface area contributed by atoms with Crippen LogP contribution in [-0.2, 0) is 6.54 Å². The predicted octanol–water partition coefficient (Wildman–Crippen LogP) is 1.64. The highest BCUT2D eigenvalue weighted by atomic mass is 16.3. The van der Waals surface area contributed by atoms with Gasteiger partial charge in [-0.25, -0.2) is 0 Å². The van der Waals surface area contributed by atoms with Gasteiger partial charge in [-0.1, -0.05) is 0 Å². The molecule has 0 aromatic carbocycles. The third kappa shape index (κ3) is 3.51. The fourth-order valence-corrected chi connectivity index (χ4v) is 2.79. The Kier molecular flexibility index (Phi) is 4.48. The number of pyridine rings is 1. The third-order valence-corrected chi connectivity index (χ3v) is 3.95. The van der Waals surface area contributed by atoms with Gasteiger partial charge < -0.3 is 15.3 Å². The van der Waals surface area contributed by atoms with E-state index in [4.69, 9.17) is 0 Å². The maximum atomic E-state index is 9.86. The van der Waals surface area contributed by atoms with Gasteiger partial charge in [0.1, 0.15) is 5.75 Å². The molecule has 6 heteroatoms. The number of nitrogens with one attached hydrogen (secondary N) is 1. The molecule has 1 saturated heterocycles. The summed E-state index contributed by atoms with van der Waals surface area (Å²) in [6.45, 7) is 4.40. The summed E-state index contributed by atoms with van der Waals surface area (Å²) in [6, 6.07) is 7.77. The lowest BCUT2D eigenvalue weighted by atomic mass is 10.1. The van der Waals surface area contributed by atoms with Gasteiger partial charge in [-0.15, -0.1) is 5.10 Å². The van der Waals surface area contributed by atoms with Crippen molar-refractivity contribution in [2.24, 2.45) is 0 Å². The lowest BCUT2D eigenvalue weighted by Crippen LogP contribution is -2.45. The van der Waals surface area contributed by atoms with Crippen LogP contribution in [0.15, 0.2) is 30.5 Å². The van der Waals surface area contributed by atoms with Gasteiger partial charge in [0.2, 0.25) is 0 Å². The summed E-state index contributed by atoms with van der Waals surface area (Å²) in [6.07, 6.45) is 3.92. The molecular weight excluding hydrogens is 278 g/mol. The van der Waals surface area contributed by atoms with Crippen LogP contribution in [0.2, 0.25) is 0 Å². The van der Waals surface area contributed by atoms with Crippen molar-refractivity contribution in [2.45, 2.75) is 32.4 Å². The number of rotatable bonds is 4. The molecule has 0 aliphatic carbocycles. The monoisotopic (exact) mass is 299 g/mol. The molecule has 0 unspecified atom stereocenters. The molecular formula is C16H21N5O. The maximum Gasteiger partial charge on any atom is 0.151 e. The fraction of sp³-hybridized carbons (Fsp3) is 0.438. The van der Waals surface area contributed by atoms with Crippen molar-refractivity contribution in [1.82, 2.24) is 20.5 Å².